The number of nitrogen functional groups attached to an aromatic ring is 1. The van der Waals surface area contributed by atoms with Crippen molar-refractivity contribution in [1.29, 1.82) is 5.26 Å². The number of benzene rings is 1. The van der Waals surface area contributed by atoms with E-state index >= 15 is 0 Å². The summed E-state index contributed by atoms with van der Waals surface area (Å²) in [5.41, 5.74) is 10.2. The Balaban J connectivity index is 1.16. The van der Waals surface area contributed by atoms with E-state index in [-0.39, 0.29) is 23.6 Å². The smallest absolute Gasteiger partial charge is 0.318 e. The van der Waals surface area contributed by atoms with E-state index in [0.29, 0.717) is 52.9 Å². The third kappa shape index (κ3) is 5.75. The number of carbonyl (C=O) groups is 1. The molecule has 0 aliphatic carbocycles. The molecule has 7 heterocycles. The minimum absolute atomic E-state index is 0.00164. The quantitative estimate of drug-likeness (QED) is 0.286. The number of hydrogen-bond donors (Lipinski definition) is 1. The lowest BCUT2D eigenvalue weighted by Crippen LogP contribution is -2.57. The van der Waals surface area contributed by atoms with Crippen molar-refractivity contribution in [2.45, 2.75) is 82.7 Å². The second-order valence-electron chi connectivity index (χ2n) is 14.2. The molecule has 262 valence electrons. The first-order valence-corrected chi connectivity index (χ1v) is 18.4. The Labute approximate surface area is 294 Å². The van der Waals surface area contributed by atoms with Crippen molar-refractivity contribution in [2.24, 2.45) is 0 Å². The van der Waals surface area contributed by atoms with Crippen molar-refractivity contribution in [2.75, 3.05) is 51.0 Å². The summed E-state index contributed by atoms with van der Waals surface area (Å²) in [7, 11) is 3.46. The highest BCUT2D eigenvalue weighted by Crippen LogP contribution is 2.43. The van der Waals surface area contributed by atoms with Crippen molar-refractivity contribution in [3.63, 3.8) is 0 Å². The fourth-order valence-electron chi connectivity index (χ4n) is 8.30. The van der Waals surface area contributed by atoms with Crippen LogP contribution in [0.5, 0.6) is 6.01 Å². The summed E-state index contributed by atoms with van der Waals surface area (Å²) in [5.74, 6) is 0.211. The van der Waals surface area contributed by atoms with Crippen molar-refractivity contribution in [3.8, 4) is 12.1 Å². The molecule has 1 atom stereocenters. The van der Waals surface area contributed by atoms with Gasteiger partial charge in [-0.3, -0.25) is 14.4 Å². The van der Waals surface area contributed by atoms with Crippen LogP contribution >= 0.6 is 11.3 Å². The lowest BCUT2D eigenvalue weighted by molar-refractivity contribution is -0.0234. The fourth-order valence-corrected chi connectivity index (χ4v) is 9.26. The maximum Gasteiger partial charge on any atom is 0.318 e. The molecule has 0 radical (unpaired) electrons. The summed E-state index contributed by atoms with van der Waals surface area (Å²) in [6.45, 7) is 4.88. The first-order chi connectivity index (χ1) is 24.2. The highest BCUT2D eigenvalue weighted by molar-refractivity contribution is 7.23. The van der Waals surface area contributed by atoms with Gasteiger partial charge in [-0.1, -0.05) is 18.9 Å². The average Bonchev–Trinajstić information content (AvgIpc) is 3.62. The molecule has 3 aromatic heterocycles. The van der Waals surface area contributed by atoms with E-state index in [9.17, 15) is 14.4 Å². The summed E-state index contributed by atoms with van der Waals surface area (Å²) >= 11 is 1.08. The number of aryl methyl sites for hydroxylation is 1. The van der Waals surface area contributed by atoms with Crippen LogP contribution in [0.15, 0.2) is 18.2 Å². The second kappa shape index (κ2) is 13.1. The van der Waals surface area contributed by atoms with Crippen LogP contribution in [0.3, 0.4) is 0 Å². The van der Waals surface area contributed by atoms with Crippen LogP contribution in [-0.4, -0.2) is 81.3 Å². The number of aromatic nitrogens is 4. The van der Waals surface area contributed by atoms with E-state index in [1.807, 2.05) is 10.7 Å². The number of nitriles is 1. The third-order valence-electron chi connectivity index (χ3n) is 10.9. The number of piperidine rings is 2. The number of nitrogens with zero attached hydrogens (tertiary/aromatic N) is 8. The molecule has 0 bridgehead atoms. The molecule has 1 amide bonds. The molecule has 50 heavy (non-hydrogen) atoms. The number of carbonyl (C=O) groups excluding carboxylic acids is 1. The van der Waals surface area contributed by atoms with Gasteiger partial charge in [0, 0.05) is 44.6 Å². The molecular formula is C36H42FN9O3S. The summed E-state index contributed by atoms with van der Waals surface area (Å²) in [5, 5.41) is 15.4. The SMILES string of the molecule is CN(C)C(=O)c1cc2n(n1)CCCN(c1nc(OCC34CCCCN3CCCC4)nc3c1CO[C@H](c1ccc(F)c4sc(N)c(C#N)c14)C3)C2. The van der Waals surface area contributed by atoms with Crippen LogP contribution in [0, 0.1) is 17.1 Å². The Hall–Kier alpha value is -4.32. The molecule has 4 aliphatic rings. The molecule has 1 aromatic carbocycles. The molecule has 2 fully saturated rings. The predicted octanol–water partition coefficient (Wildman–Crippen LogP) is 5.19. The Bertz CT molecular complexity index is 1990. The van der Waals surface area contributed by atoms with E-state index in [4.69, 9.17) is 25.2 Å². The van der Waals surface area contributed by atoms with Gasteiger partial charge in [-0.2, -0.15) is 20.3 Å². The van der Waals surface area contributed by atoms with Crippen LogP contribution in [0.25, 0.3) is 10.1 Å². The summed E-state index contributed by atoms with van der Waals surface area (Å²) in [4.78, 5) is 29.3. The van der Waals surface area contributed by atoms with Crippen LogP contribution in [0.1, 0.15) is 89.6 Å². The Morgan fingerprint density at radius 3 is 2.72 bits per heavy atom. The van der Waals surface area contributed by atoms with Crippen molar-refractivity contribution >= 4 is 38.1 Å². The van der Waals surface area contributed by atoms with Gasteiger partial charge in [-0.15, -0.1) is 11.3 Å². The second-order valence-corrected chi connectivity index (χ2v) is 15.2. The van der Waals surface area contributed by atoms with Gasteiger partial charge in [0.25, 0.3) is 5.91 Å². The average molecular weight is 700 g/mol. The topological polar surface area (TPSA) is 139 Å². The molecule has 12 nitrogen and oxygen atoms in total. The predicted molar refractivity (Wildman–Crippen MR) is 188 cm³/mol. The largest absolute Gasteiger partial charge is 0.461 e. The third-order valence-corrected chi connectivity index (χ3v) is 11.9. The van der Waals surface area contributed by atoms with Gasteiger partial charge in [-0.05, 0) is 62.9 Å². The van der Waals surface area contributed by atoms with Crippen molar-refractivity contribution in [1.82, 2.24) is 29.5 Å². The van der Waals surface area contributed by atoms with E-state index < -0.39 is 11.9 Å². The lowest BCUT2D eigenvalue weighted by atomic mass is 9.80. The fraction of sp³-hybridized carbons (Fsp3) is 0.528. The number of thiophene rings is 1. The zero-order chi connectivity index (χ0) is 34.6. The Kier molecular flexibility index (Phi) is 8.61. The number of nitrogens with two attached hydrogens (primary N) is 1. The van der Waals surface area contributed by atoms with Gasteiger partial charge >= 0.3 is 6.01 Å². The summed E-state index contributed by atoms with van der Waals surface area (Å²) in [6, 6.07) is 7.51. The highest BCUT2D eigenvalue weighted by Gasteiger charge is 2.41. The minimum Gasteiger partial charge on any atom is -0.461 e. The molecule has 2 N–H and O–H groups in total. The number of halogens is 1. The van der Waals surface area contributed by atoms with E-state index in [1.165, 1.54) is 36.6 Å². The monoisotopic (exact) mass is 699 g/mol. The van der Waals surface area contributed by atoms with E-state index in [1.54, 1.807) is 20.2 Å². The molecule has 0 saturated carbocycles. The number of anilines is 2. The molecule has 4 aromatic rings. The highest BCUT2D eigenvalue weighted by atomic mass is 32.1. The number of ether oxygens (including phenoxy) is 2. The Morgan fingerprint density at radius 1 is 1.16 bits per heavy atom. The van der Waals surface area contributed by atoms with Crippen molar-refractivity contribution < 1.29 is 18.7 Å². The summed E-state index contributed by atoms with van der Waals surface area (Å²) < 4.78 is 30.3. The number of amides is 1. The summed E-state index contributed by atoms with van der Waals surface area (Å²) in [6.07, 6.45) is 7.77. The normalized spacial score (nSPS) is 20.4. The number of hydrogen-bond acceptors (Lipinski definition) is 11. The molecular weight excluding hydrogens is 658 g/mol. The zero-order valence-electron chi connectivity index (χ0n) is 28.6. The standard InChI is InChI=1S/C36H42FN9O3S/c1-43(2)34(47)28-16-22-19-44(12-7-15-46(22)42-28)33-25-20-48-29(23-8-9-26(37)31-30(23)24(18-38)32(39)50-31)17-27(25)40-35(41-33)49-21-36-10-3-5-13-45(36)14-6-4-11-36/h8-9,16,29H,3-7,10-15,17,19-21,39H2,1-2H3/t29-/m0/s1. The maximum absolute atomic E-state index is 14.9. The van der Waals surface area contributed by atoms with Crippen LogP contribution < -0.4 is 15.4 Å². The van der Waals surface area contributed by atoms with Crippen LogP contribution in [0.4, 0.5) is 15.2 Å². The van der Waals surface area contributed by atoms with Gasteiger partial charge in [0.05, 0.1) is 46.4 Å². The van der Waals surface area contributed by atoms with Crippen molar-refractivity contribution in [3.05, 3.63) is 57.8 Å². The zero-order valence-corrected chi connectivity index (χ0v) is 29.4. The first kappa shape index (κ1) is 32.9. The van der Waals surface area contributed by atoms with E-state index in [2.05, 4.69) is 21.0 Å². The van der Waals surface area contributed by atoms with Gasteiger partial charge in [-0.25, -0.2) is 4.39 Å². The van der Waals surface area contributed by atoms with Crippen LogP contribution in [-0.2, 0) is 30.9 Å². The lowest BCUT2D eigenvalue weighted by Gasteiger charge is -2.49. The molecule has 14 heteroatoms. The first-order valence-electron chi connectivity index (χ1n) is 17.6. The Morgan fingerprint density at radius 2 is 1.96 bits per heavy atom. The molecule has 8 rings (SSSR count). The van der Waals surface area contributed by atoms with Gasteiger partial charge in [0.2, 0.25) is 0 Å². The number of rotatable bonds is 6. The van der Waals surface area contributed by atoms with Gasteiger partial charge < -0.3 is 25.0 Å². The molecule has 2 saturated heterocycles. The van der Waals surface area contributed by atoms with Crippen LogP contribution in [0.2, 0.25) is 0 Å². The maximum atomic E-state index is 14.9. The molecule has 0 spiro atoms. The molecule has 4 aliphatic heterocycles. The molecule has 0 unspecified atom stereocenters. The van der Waals surface area contributed by atoms with E-state index in [0.717, 1.165) is 78.6 Å². The van der Waals surface area contributed by atoms with Gasteiger partial charge in [0.15, 0.2) is 5.69 Å². The minimum atomic E-state index is -0.474. The number of fused-ring (bicyclic) bond motifs is 4. The van der Waals surface area contributed by atoms with Gasteiger partial charge in [0.1, 0.15) is 29.3 Å².